The second-order valence-corrected chi connectivity index (χ2v) is 7.54. The third-order valence-corrected chi connectivity index (χ3v) is 5.76. The van der Waals surface area contributed by atoms with Gasteiger partial charge in [-0.1, -0.05) is 0 Å². The fraction of sp³-hybridized carbons (Fsp3) is 0.357. The third-order valence-electron chi connectivity index (χ3n) is 3.28. The Morgan fingerprint density at radius 1 is 1.14 bits per heavy atom. The van der Waals surface area contributed by atoms with Crippen LogP contribution in [-0.4, -0.2) is 27.6 Å². The molecule has 0 aliphatic heterocycles. The Hall–Kier alpha value is -1.80. The molecule has 0 aliphatic rings. The van der Waals surface area contributed by atoms with Gasteiger partial charge in [-0.15, -0.1) is 11.3 Å². The van der Waals surface area contributed by atoms with Gasteiger partial charge in [0.15, 0.2) is 5.13 Å². The van der Waals surface area contributed by atoms with Crippen LogP contribution in [0.3, 0.4) is 0 Å². The second-order valence-electron chi connectivity index (χ2n) is 4.69. The van der Waals surface area contributed by atoms with E-state index in [1.165, 1.54) is 31.6 Å². The number of ether oxygens (including phenoxy) is 2. The maximum atomic E-state index is 12.6. The van der Waals surface area contributed by atoms with Crippen molar-refractivity contribution in [1.82, 2.24) is 4.98 Å². The molecule has 0 aliphatic carbocycles. The molecule has 0 fully saturated rings. The fourth-order valence-corrected chi connectivity index (χ4v) is 4.30. The molecule has 120 valence electrons. The molecular formula is C14H18N2O4S2. The molecule has 0 atom stereocenters. The van der Waals surface area contributed by atoms with Crippen molar-refractivity contribution in [2.45, 2.75) is 25.7 Å². The summed E-state index contributed by atoms with van der Waals surface area (Å²) in [5.41, 5.74) is 1.43. The molecule has 0 saturated heterocycles. The molecule has 0 saturated carbocycles. The summed E-state index contributed by atoms with van der Waals surface area (Å²) in [5, 5.41) is 0.338. The van der Waals surface area contributed by atoms with Crippen LogP contribution in [0.25, 0.3) is 0 Å². The number of methoxy groups -OCH3 is 2. The fourth-order valence-electron chi connectivity index (χ4n) is 2.02. The van der Waals surface area contributed by atoms with Crippen molar-refractivity contribution >= 4 is 26.5 Å². The number of nitrogens with one attached hydrogen (secondary N) is 1. The molecule has 1 heterocycles. The Labute approximate surface area is 134 Å². The number of aromatic nitrogens is 1. The first-order chi connectivity index (χ1) is 10.3. The molecule has 22 heavy (non-hydrogen) atoms. The molecule has 1 aromatic carbocycles. The summed E-state index contributed by atoms with van der Waals surface area (Å²) in [6.45, 7) is 5.47. The quantitative estimate of drug-likeness (QED) is 0.904. The van der Waals surface area contributed by atoms with Gasteiger partial charge < -0.3 is 9.47 Å². The summed E-state index contributed by atoms with van der Waals surface area (Å²) in [7, 11) is -0.837. The number of sulfonamides is 1. The highest BCUT2D eigenvalue weighted by atomic mass is 32.2. The third kappa shape index (κ3) is 3.02. The second kappa shape index (κ2) is 6.13. The van der Waals surface area contributed by atoms with E-state index in [1.54, 1.807) is 13.0 Å². The largest absolute Gasteiger partial charge is 0.496 e. The minimum atomic E-state index is -3.79. The number of hydrogen-bond donors (Lipinski definition) is 1. The zero-order chi connectivity index (χ0) is 16.5. The van der Waals surface area contributed by atoms with E-state index in [1.807, 2.05) is 13.8 Å². The van der Waals surface area contributed by atoms with E-state index in [2.05, 4.69) is 9.71 Å². The Balaban J connectivity index is 2.47. The lowest BCUT2D eigenvalue weighted by Gasteiger charge is -2.14. The zero-order valence-corrected chi connectivity index (χ0v) is 14.7. The van der Waals surface area contributed by atoms with Crippen LogP contribution in [0.1, 0.15) is 16.1 Å². The lowest BCUT2D eigenvalue weighted by molar-refractivity contribution is 0.380. The predicted octanol–water partition coefficient (Wildman–Crippen LogP) is 2.89. The maximum Gasteiger partial charge on any atom is 0.267 e. The maximum absolute atomic E-state index is 12.6. The van der Waals surface area contributed by atoms with Gasteiger partial charge in [-0.2, -0.15) is 0 Å². The minimum Gasteiger partial charge on any atom is -0.496 e. The molecule has 0 radical (unpaired) electrons. The van der Waals surface area contributed by atoms with Crippen LogP contribution in [0.5, 0.6) is 11.5 Å². The highest BCUT2D eigenvalue weighted by Gasteiger charge is 2.24. The van der Waals surface area contributed by atoms with Gasteiger partial charge in [0.2, 0.25) is 0 Å². The van der Waals surface area contributed by atoms with Gasteiger partial charge in [-0.3, -0.25) is 4.72 Å². The first-order valence-corrected chi connectivity index (χ1v) is 8.78. The first kappa shape index (κ1) is 16.6. The molecule has 0 spiro atoms. The number of rotatable bonds is 5. The Kier molecular flexibility index (Phi) is 4.62. The summed E-state index contributed by atoms with van der Waals surface area (Å²) < 4.78 is 38.1. The van der Waals surface area contributed by atoms with Crippen molar-refractivity contribution in [2.75, 3.05) is 18.9 Å². The summed E-state index contributed by atoms with van der Waals surface area (Å²) in [6, 6.07) is 3.06. The number of anilines is 1. The molecule has 1 N–H and O–H groups in total. The molecule has 0 bridgehead atoms. The summed E-state index contributed by atoms with van der Waals surface area (Å²) in [5.74, 6) is 0.827. The van der Waals surface area contributed by atoms with Gasteiger partial charge in [0.1, 0.15) is 16.4 Å². The van der Waals surface area contributed by atoms with Gasteiger partial charge in [-0.05, 0) is 32.9 Å². The molecule has 6 nitrogen and oxygen atoms in total. The average Bonchev–Trinajstić information content (AvgIpc) is 2.75. The number of benzene rings is 1. The van der Waals surface area contributed by atoms with E-state index in [0.717, 1.165) is 10.6 Å². The first-order valence-electron chi connectivity index (χ1n) is 6.48. The SMILES string of the molecule is COc1ccc(S(=O)(=O)Nc2nc(C)c(C)s2)c(OC)c1C. The van der Waals surface area contributed by atoms with Crippen LogP contribution in [0.2, 0.25) is 0 Å². The van der Waals surface area contributed by atoms with Crippen LogP contribution >= 0.6 is 11.3 Å². The summed E-state index contributed by atoms with van der Waals surface area (Å²) in [6.07, 6.45) is 0. The van der Waals surface area contributed by atoms with Crippen molar-refractivity contribution < 1.29 is 17.9 Å². The molecule has 2 aromatic rings. The topological polar surface area (TPSA) is 77.5 Å². The average molecular weight is 342 g/mol. The van der Waals surface area contributed by atoms with Crippen LogP contribution in [0.4, 0.5) is 5.13 Å². The molecular weight excluding hydrogens is 324 g/mol. The van der Waals surface area contributed by atoms with E-state index >= 15 is 0 Å². The number of nitrogens with zero attached hydrogens (tertiary/aromatic N) is 1. The molecule has 2 rings (SSSR count). The van der Waals surface area contributed by atoms with Crippen molar-refractivity contribution in [2.24, 2.45) is 0 Å². The number of thiazole rings is 1. The van der Waals surface area contributed by atoms with Crippen LogP contribution in [-0.2, 0) is 10.0 Å². The van der Waals surface area contributed by atoms with E-state index in [0.29, 0.717) is 16.4 Å². The standard InChI is InChI=1S/C14H18N2O4S2/c1-8-11(19-4)6-7-12(13(8)20-5)22(17,18)16-14-15-9(2)10(3)21-14/h6-7H,1-5H3,(H,15,16). The van der Waals surface area contributed by atoms with Gasteiger partial charge in [0, 0.05) is 10.4 Å². The van der Waals surface area contributed by atoms with E-state index in [-0.39, 0.29) is 10.6 Å². The van der Waals surface area contributed by atoms with Gasteiger partial charge in [0.05, 0.1) is 19.9 Å². The number of hydrogen-bond acceptors (Lipinski definition) is 6. The minimum absolute atomic E-state index is 0.0545. The Morgan fingerprint density at radius 3 is 2.32 bits per heavy atom. The highest BCUT2D eigenvalue weighted by Crippen LogP contribution is 2.35. The lowest BCUT2D eigenvalue weighted by atomic mass is 10.2. The zero-order valence-electron chi connectivity index (χ0n) is 13.1. The van der Waals surface area contributed by atoms with Crippen molar-refractivity contribution in [1.29, 1.82) is 0 Å². The highest BCUT2D eigenvalue weighted by molar-refractivity contribution is 7.93. The van der Waals surface area contributed by atoms with Crippen molar-refractivity contribution in [3.8, 4) is 11.5 Å². The molecule has 1 aromatic heterocycles. The normalized spacial score (nSPS) is 11.3. The Bertz CT molecular complexity index is 778. The monoisotopic (exact) mass is 342 g/mol. The summed E-state index contributed by atoms with van der Waals surface area (Å²) in [4.78, 5) is 5.22. The van der Waals surface area contributed by atoms with Crippen molar-refractivity contribution in [3.05, 3.63) is 28.3 Å². The van der Waals surface area contributed by atoms with Crippen molar-refractivity contribution in [3.63, 3.8) is 0 Å². The smallest absolute Gasteiger partial charge is 0.267 e. The van der Waals surface area contributed by atoms with Crippen LogP contribution in [0, 0.1) is 20.8 Å². The Morgan fingerprint density at radius 2 is 1.82 bits per heavy atom. The number of aryl methyl sites for hydroxylation is 2. The van der Waals surface area contributed by atoms with E-state index in [4.69, 9.17) is 9.47 Å². The van der Waals surface area contributed by atoms with E-state index in [9.17, 15) is 8.42 Å². The summed E-state index contributed by atoms with van der Waals surface area (Å²) >= 11 is 1.29. The van der Waals surface area contributed by atoms with Gasteiger partial charge >= 0.3 is 0 Å². The molecule has 0 amide bonds. The van der Waals surface area contributed by atoms with E-state index < -0.39 is 10.0 Å². The lowest BCUT2D eigenvalue weighted by Crippen LogP contribution is -2.14. The molecule has 0 unspecified atom stereocenters. The van der Waals surface area contributed by atoms with Crippen LogP contribution in [0.15, 0.2) is 17.0 Å². The van der Waals surface area contributed by atoms with Gasteiger partial charge in [-0.25, -0.2) is 13.4 Å². The predicted molar refractivity (Wildman–Crippen MR) is 86.7 cm³/mol. The van der Waals surface area contributed by atoms with Gasteiger partial charge in [0.25, 0.3) is 10.0 Å². The van der Waals surface area contributed by atoms with Crippen LogP contribution < -0.4 is 14.2 Å². The molecule has 8 heteroatoms.